The maximum Gasteiger partial charge on any atom is 0.119 e. The van der Waals surface area contributed by atoms with Gasteiger partial charge in [0.15, 0.2) is 0 Å². The highest BCUT2D eigenvalue weighted by Gasteiger charge is 2.07. The second-order valence-electron chi connectivity index (χ2n) is 4.12. The van der Waals surface area contributed by atoms with Gasteiger partial charge < -0.3 is 10.1 Å². The van der Waals surface area contributed by atoms with Crippen LogP contribution in [0.2, 0.25) is 0 Å². The van der Waals surface area contributed by atoms with Gasteiger partial charge in [-0.1, -0.05) is 0 Å². The van der Waals surface area contributed by atoms with Gasteiger partial charge in [0, 0.05) is 17.8 Å². The molecule has 0 fully saturated rings. The Hall–Kier alpha value is -1.81. The Morgan fingerprint density at radius 2 is 2.00 bits per heavy atom. The van der Waals surface area contributed by atoms with Crippen molar-refractivity contribution in [3.63, 3.8) is 0 Å². The molecule has 1 heterocycles. The Labute approximate surface area is 108 Å². The van der Waals surface area contributed by atoms with Crippen LogP contribution in [0.1, 0.15) is 18.2 Å². The molecule has 2 aromatic rings. The molecule has 96 valence electrons. The van der Waals surface area contributed by atoms with Gasteiger partial charge in [-0.2, -0.15) is 5.10 Å². The average Bonchev–Trinajstić information content (AvgIpc) is 2.73. The molecule has 0 atom stereocenters. The number of hydrogen-bond acceptors (Lipinski definition) is 3. The lowest BCUT2D eigenvalue weighted by Gasteiger charge is -2.07. The molecule has 18 heavy (non-hydrogen) atoms. The minimum atomic E-state index is 0.687. The van der Waals surface area contributed by atoms with Crippen LogP contribution < -0.4 is 10.1 Å². The van der Waals surface area contributed by atoms with Crippen LogP contribution in [-0.4, -0.2) is 23.4 Å². The summed E-state index contributed by atoms with van der Waals surface area (Å²) in [5.74, 6) is 0.890. The van der Waals surface area contributed by atoms with E-state index in [0.29, 0.717) is 6.61 Å². The molecule has 0 aliphatic rings. The lowest BCUT2D eigenvalue weighted by molar-refractivity contribution is 0.340. The SMILES string of the molecule is CCOc1ccc(-n2ncc(CNC)c2C)cc1. The third kappa shape index (κ3) is 2.54. The van der Waals surface area contributed by atoms with Crippen molar-refractivity contribution in [2.24, 2.45) is 0 Å². The summed E-state index contributed by atoms with van der Waals surface area (Å²) in [6.45, 7) is 5.58. The van der Waals surface area contributed by atoms with E-state index in [1.54, 1.807) is 0 Å². The van der Waals surface area contributed by atoms with Crippen LogP contribution in [0.5, 0.6) is 5.75 Å². The van der Waals surface area contributed by atoms with Gasteiger partial charge in [-0.25, -0.2) is 4.68 Å². The fraction of sp³-hybridized carbons (Fsp3) is 0.357. The highest BCUT2D eigenvalue weighted by molar-refractivity contribution is 5.39. The van der Waals surface area contributed by atoms with E-state index in [0.717, 1.165) is 23.7 Å². The van der Waals surface area contributed by atoms with Crippen LogP contribution in [0.25, 0.3) is 5.69 Å². The van der Waals surface area contributed by atoms with Gasteiger partial charge in [0.05, 0.1) is 18.5 Å². The van der Waals surface area contributed by atoms with E-state index >= 15 is 0 Å². The smallest absolute Gasteiger partial charge is 0.119 e. The van der Waals surface area contributed by atoms with Crippen molar-refractivity contribution < 1.29 is 4.74 Å². The number of benzene rings is 1. The molecule has 0 aliphatic heterocycles. The van der Waals surface area contributed by atoms with E-state index in [1.807, 2.05) is 49.1 Å². The van der Waals surface area contributed by atoms with E-state index in [2.05, 4.69) is 17.3 Å². The number of hydrogen-bond donors (Lipinski definition) is 1. The first-order valence-electron chi connectivity index (χ1n) is 6.17. The highest BCUT2D eigenvalue weighted by atomic mass is 16.5. The Morgan fingerprint density at radius 1 is 1.28 bits per heavy atom. The fourth-order valence-corrected chi connectivity index (χ4v) is 1.92. The molecule has 0 saturated heterocycles. The molecule has 0 radical (unpaired) electrons. The molecule has 0 spiro atoms. The lowest BCUT2D eigenvalue weighted by Crippen LogP contribution is -2.06. The Bertz CT molecular complexity index is 502. The Kier molecular flexibility index (Phi) is 3.99. The van der Waals surface area contributed by atoms with Crippen LogP contribution in [-0.2, 0) is 6.54 Å². The van der Waals surface area contributed by atoms with Gasteiger partial charge in [0.1, 0.15) is 5.75 Å². The van der Waals surface area contributed by atoms with Crippen molar-refractivity contribution in [2.75, 3.05) is 13.7 Å². The zero-order valence-electron chi connectivity index (χ0n) is 11.1. The quantitative estimate of drug-likeness (QED) is 0.878. The summed E-state index contributed by atoms with van der Waals surface area (Å²) in [4.78, 5) is 0. The standard InChI is InChI=1S/C14H19N3O/c1-4-18-14-7-5-13(6-8-14)17-11(2)12(9-15-3)10-16-17/h5-8,10,15H,4,9H2,1-3H3. The molecule has 0 bridgehead atoms. The largest absolute Gasteiger partial charge is 0.494 e. The van der Waals surface area contributed by atoms with Crippen molar-refractivity contribution in [1.82, 2.24) is 15.1 Å². The van der Waals surface area contributed by atoms with Gasteiger partial charge in [0.25, 0.3) is 0 Å². The number of nitrogens with one attached hydrogen (secondary N) is 1. The van der Waals surface area contributed by atoms with Crippen molar-refractivity contribution in [1.29, 1.82) is 0 Å². The van der Waals surface area contributed by atoms with Crippen molar-refractivity contribution in [3.8, 4) is 11.4 Å². The molecule has 0 aliphatic carbocycles. The van der Waals surface area contributed by atoms with Crippen LogP contribution in [0.3, 0.4) is 0 Å². The van der Waals surface area contributed by atoms with Gasteiger partial charge in [-0.3, -0.25) is 0 Å². The number of rotatable bonds is 5. The second kappa shape index (κ2) is 5.69. The summed E-state index contributed by atoms with van der Waals surface area (Å²) in [5.41, 5.74) is 3.43. The van der Waals surface area contributed by atoms with E-state index in [-0.39, 0.29) is 0 Å². The molecule has 0 amide bonds. The van der Waals surface area contributed by atoms with Crippen LogP contribution in [0, 0.1) is 6.92 Å². The zero-order valence-corrected chi connectivity index (χ0v) is 11.1. The molecular weight excluding hydrogens is 226 g/mol. The minimum Gasteiger partial charge on any atom is -0.494 e. The molecule has 1 aromatic carbocycles. The Morgan fingerprint density at radius 3 is 2.61 bits per heavy atom. The second-order valence-corrected chi connectivity index (χ2v) is 4.12. The number of aromatic nitrogens is 2. The lowest BCUT2D eigenvalue weighted by atomic mass is 10.2. The minimum absolute atomic E-state index is 0.687. The van der Waals surface area contributed by atoms with Crippen molar-refractivity contribution >= 4 is 0 Å². The summed E-state index contributed by atoms with van der Waals surface area (Å²) in [6.07, 6.45) is 1.91. The van der Waals surface area contributed by atoms with Crippen LogP contribution in [0.15, 0.2) is 30.5 Å². The first kappa shape index (κ1) is 12.6. The van der Waals surface area contributed by atoms with E-state index in [9.17, 15) is 0 Å². The van der Waals surface area contributed by atoms with E-state index < -0.39 is 0 Å². The summed E-state index contributed by atoms with van der Waals surface area (Å²) < 4.78 is 7.38. The topological polar surface area (TPSA) is 39.1 Å². The molecule has 0 saturated carbocycles. The summed E-state index contributed by atoms with van der Waals surface area (Å²) in [5, 5.41) is 7.56. The van der Waals surface area contributed by atoms with E-state index in [1.165, 1.54) is 5.56 Å². The van der Waals surface area contributed by atoms with Crippen LogP contribution >= 0.6 is 0 Å². The van der Waals surface area contributed by atoms with E-state index in [4.69, 9.17) is 4.74 Å². The van der Waals surface area contributed by atoms with Crippen molar-refractivity contribution in [3.05, 3.63) is 41.7 Å². The number of ether oxygens (including phenoxy) is 1. The first-order chi connectivity index (χ1) is 8.76. The monoisotopic (exact) mass is 245 g/mol. The third-order valence-corrected chi connectivity index (χ3v) is 2.87. The average molecular weight is 245 g/mol. The third-order valence-electron chi connectivity index (χ3n) is 2.87. The number of nitrogens with zero attached hydrogens (tertiary/aromatic N) is 2. The van der Waals surface area contributed by atoms with Crippen LogP contribution in [0.4, 0.5) is 0 Å². The predicted molar refractivity (Wildman–Crippen MR) is 72.2 cm³/mol. The van der Waals surface area contributed by atoms with Gasteiger partial charge in [-0.15, -0.1) is 0 Å². The highest BCUT2D eigenvalue weighted by Crippen LogP contribution is 2.17. The molecule has 1 aromatic heterocycles. The predicted octanol–water partition coefficient (Wildman–Crippen LogP) is 2.30. The molecule has 4 nitrogen and oxygen atoms in total. The molecule has 4 heteroatoms. The van der Waals surface area contributed by atoms with Gasteiger partial charge in [0.2, 0.25) is 0 Å². The fourth-order valence-electron chi connectivity index (χ4n) is 1.92. The summed E-state index contributed by atoms with van der Waals surface area (Å²) in [6, 6.07) is 7.98. The zero-order chi connectivity index (χ0) is 13.0. The summed E-state index contributed by atoms with van der Waals surface area (Å²) >= 11 is 0. The Balaban J connectivity index is 2.25. The van der Waals surface area contributed by atoms with Gasteiger partial charge in [-0.05, 0) is 45.2 Å². The molecule has 2 rings (SSSR count). The maximum absolute atomic E-state index is 5.43. The summed E-state index contributed by atoms with van der Waals surface area (Å²) in [7, 11) is 1.94. The first-order valence-corrected chi connectivity index (χ1v) is 6.17. The normalized spacial score (nSPS) is 10.6. The van der Waals surface area contributed by atoms with Gasteiger partial charge >= 0.3 is 0 Å². The maximum atomic E-state index is 5.43. The molecular formula is C14H19N3O. The molecule has 1 N–H and O–H groups in total. The van der Waals surface area contributed by atoms with Crippen molar-refractivity contribution in [2.45, 2.75) is 20.4 Å². The molecule has 0 unspecified atom stereocenters.